The van der Waals surface area contributed by atoms with Crippen molar-refractivity contribution in [2.45, 2.75) is 19.4 Å². The predicted octanol–water partition coefficient (Wildman–Crippen LogP) is 3.29. The number of para-hydroxylation sites is 1. The molecule has 0 saturated carbocycles. The van der Waals surface area contributed by atoms with Gasteiger partial charge in [0.05, 0.1) is 0 Å². The Morgan fingerprint density at radius 2 is 1.90 bits per heavy atom. The fourth-order valence-electron chi connectivity index (χ4n) is 2.80. The van der Waals surface area contributed by atoms with Gasteiger partial charge in [0.1, 0.15) is 5.75 Å². The number of hydrogen-bond acceptors (Lipinski definition) is 2. The Balaban J connectivity index is 1.98. The van der Waals surface area contributed by atoms with E-state index in [-0.39, 0.29) is 0 Å². The van der Waals surface area contributed by atoms with E-state index in [1.807, 2.05) is 18.2 Å². The Kier molecular flexibility index (Phi) is 3.93. The van der Waals surface area contributed by atoms with Gasteiger partial charge in [-0.1, -0.05) is 30.3 Å². The lowest BCUT2D eigenvalue weighted by Crippen LogP contribution is -2.00. The summed E-state index contributed by atoms with van der Waals surface area (Å²) < 4.78 is 2.25. The first-order valence-electron chi connectivity index (χ1n) is 7.32. The Bertz CT molecular complexity index is 746. The van der Waals surface area contributed by atoms with Crippen molar-refractivity contribution in [1.29, 1.82) is 0 Å². The number of aryl methyl sites for hydroxylation is 1. The summed E-state index contributed by atoms with van der Waals surface area (Å²) in [6.45, 7) is 1.48. The predicted molar refractivity (Wildman–Crippen MR) is 86.5 cm³/mol. The molecule has 0 saturated heterocycles. The van der Waals surface area contributed by atoms with Crippen LogP contribution in [0.4, 0.5) is 0 Å². The highest BCUT2D eigenvalue weighted by Crippen LogP contribution is 2.24. The number of nitrogens with zero attached hydrogens (tertiary/aromatic N) is 1. The first-order chi connectivity index (χ1) is 10.3. The van der Waals surface area contributed by atoms with Crippen molar-refractivity contribution in [2.75, 3.05) is 6.54 Å². The number of hydrogen-bond donors (Lipinski definition) is 2. The number of fused-ring (bicyclic) bond motifs is 1. The third-order valence-electron chi connectivity index (χ3n) is 3.78. The molecule has 0 unspecified atom stereocenters. The van der Waals surface area contributed by atoms with Gasteiger partial charge in [0.2, 0.25) is 0 Å². The standard InChI is InChI=1S/C18H20N2O/c19-10-4-6-15-13-20(18-9-2-1-8-17(15)18)12-14-5-3-7-16(21)11-14/h1-3,5,7-9,11,13,21H,4,6,10,12,19H2. The molecule has 3 N–H and O–H groups in total. The van der Waals surface area contributed by atoms with Gasteiger partial charge in [-0.3, -0.25) is 0 Å². The van der Waals surface area contributed by atoms with Crippen LogP contribution in [0.2, 0.25) is 0 Å². The highest BCUT2D eigenvalue weighted by molar-refractivity contribution is 5.84. The molecular formula is C18H20N2O. The molecule has 0 atom stereocenters. The second-order valence-corrected chi connectivity index (χ2v) is 5.36. The van der Waals surface area contributed by atoms with Crippen LogP contribution in [0.1, 0.15) is 17.5 Å². The molecule has 1 heterocycles. The van der Waals surface area contributed by atoms with E-state index >= 15 is 0 Å². The second-order valence-electron chi connectivity index (χ2n) is 5.36. The molecule has 1 aromatic heterocycles. The summed E-state index contributed by atoms with van der Waals surface area (Å²) in [5.74, 6) is 0.312. The molecule has 3 aromatic rings. The fourth-order valence-corrected chi connectivity index (χ4v) is 2.80. The number of phenolic OH excluding ortho intramolecular Hbond substituents is 1. The van der Waals surface area contributed by atoms with Gasteiger partial charge in [-0.05, 0) is 48.7 Å². The van der Waals surface area contributed by atoms with Gasteiger partial charge in [0, 0.05) is 23.6 Å². The van der Waals surface area contributed by atoms with Gasteiger partial charge < -0.3 is 15.4 Å². The lowest BCUT2D eigenvalue weighted by atomic mass is 10.1. The monoisotopic (exact) mass is 280 g/mol. The Hall–Kier alpha value is -2.26. The maximum atomic E-state index is 9.60. The number of phenols is 1. The molecule has 0 spiro atoms. The zero-order valence-electron chi connectivity index (χ0n) is 12.0. The van der Waals surface area contributed by atoms with Crippen LogP contribution in [-0.2, 0) is 13.0 Å². The van der Waals surface area contributed by atoms with Crippen LogP contribution in [0.15, 0.2) is 54.7 Å². The molecule has 0 amide bonds. The van der Waals surface area contributed by atoms with Crippen molar-refractivity contribution in [2.24, 2.45) is 5.73 Å². The molecule has 0 radical (unpaired) electrons. The minimum Gasteiger partial charge on any atom is -0.508 e. The third kappa shape index (κ3) is 2.93. The van der Waals surface area contributed by atoms with E-state index in [9.17, 15) is 5.11 Å². The molecule has 0 aliphatic carbocycles. The average Bonchev–Trinajstić information content (AvgIpc) is 2.84. The molecule has 3 heteroatoms. The zero-order valence-corrected chi connectivity index (χ0v) is 12.0. The SMILES string of the molecule is NCCCc1cn(Cc2cccc(O)c2)c2ccccc12. The van der Waals surface area contributed by atoms with Gasteiger partial charge in [0.15, 0.2) is 0 Å². The molecule has 3 rings (SSSR count). The topological polar surface area (TPSA) is 51.2 Å². The first kappa shape index (κ1) is 13.7. The summed E-state index contributed by atoms with van der Waals surface area (Å²) in [6.07, 6.45) is 4.22. The van der Waals surface area contributed by atoms with Crippen molar-refractivity contribution in [1.82, 2.24) is 4.57 Å². The van der Waals surface area contributed by atoms with Crippen LogP contribution in [-0.4, -0.2) is 16.2 Å². The van der Waals surface area contributed by atoms with Crippen LogP contribution >= 0.6 is 0 Å². The van der Waals surface area contributed by atoms with Crippen molar-refractivity contribution in [3.05, 3.63) is 65.9 Å². The van der Waals surface area contributed by atoms with Crippen LogP contribution in [0.25, 0.3) is 10.9 Å². The van der Waals surface area contributed by atoms with E-state index in [4.69, 9.17) is 5.73 Å². The average molecular weight is 280 g/mol. The summed E-state index contributed by atoms with van der Waals surface area (Å²) in [4.78, 5) is 0. The Morgan fingerprint density at radius 1 is 1.05 bits per heavy atom. The largest absolute Gasteiger partial charge is 0.508 e. The molecule has 108 valence electrons. The maximum absolute atomic E-state index is 9.60. The van der Waals surface area contributed by atoms with E-state index < -0.39 is 0 Å². The number of aromatic hydroxyl groups is 1. The fraction of sp³-hybridized carbons (Fsp3) is 0.222. The van der Waals surface area contributed by atoms with Crippen LogP contribution in [0.3, 0.4) is 0 Å². The smallest absolute Gasteiger partial charge is 0.115 e. The van der Waals surface area contributed by atoms with Gasteiger partial charge in [-0.2, -0.15) is 0 Å². The first-order valence-corrected chi connectivity index (χ1v) is 7.32. The lowest BCUT2D eigenvalue weighted by Gasteiger charge is -2.06. The summed E-state index contributed by atoms with van der Waals surface area (Å²) in [5, 5.41) is 10.9. The molecule has 2 aromatic carbocycles. The molecule has 0 fully saturated rings. The highest BCUT2D eigenvalue weighted by atomic mass is 16.3. The van der Waals surface area contributed by atoms with Crippen molar-refractivity contribution >= 4 is 10.9 Å². The molecule has 0 aliphatic heterocycles. The minimum atomic E-state index is 0.312. The van der Waals surface area contributed by atoms with E-state index in [0.29, 0.717) is 12.3 Å². The molecule has 3 nitrogen and oxygen atoms in total. The van der Waals surface area contributed by atoms with Gasteiger partial charge in [-0.25, -0.2) is 0 Å². The number of rotatable bonds is 5. The van der Waals surface area contributed by atoms with E-state index in [1.165, 1.54) is 16.5 Å². The van der Waals surface area contributed by atoms with E-state index in [2.05, 4.69) is 35.0 Å². The molecule has 0 aliphatic rings. The zero-order chi connectivity index (χ0) is 14.7. The van der Waals surface area contributed by atoms with Crippen LogP contribution in [0, 0.1) is 0 Å². The summed E-state index contributed by atoms with van der Waals surface area (Å²) in [7, 11) is 0. The minimum absolute atomic E-state index is 0.312. The molecular weight excluding hydrogens is 260 g/mol. The third-order valence-corrected chi connectivity index (χ3v) is 3.78. The van der Waals surface area contributed by atoms with Crippen molar-refractivity contribution < 1.29 is 5.11 Å². The van der Waals surface area contributed by atoms with Crippen LogP contribution < -0.4 is 5.73 Å². The summed E-state index contributed by atoms with van der Waals surface area (Å²) in [6, 6.07) is 15.9. The lowest BCUT2D eigenvalue weighted by molar-refractivity contribution is 0.474. The highest BCUT2D eigenvalue weighted by Gasteiger charge is 2.08. The quantitative estimate of drug-likeness (QED) is 0.753. The van der Waals surface area contributed by atoms with Gasteiger partial charge in [-0.15, -0.1) is 0 Å². The van der Waals surface area contributed by atoms with Crippen LogP contribution in [0.5, 0.6) is 5.75 Å². The van der Waals surface area contributed by atoms with Gasteiger partial charge in [0.25, 0.3) is 0 Å². The van der Waals surface area contributed by atoms with E-state index in [1.54, 1.807) is 6.07 Å². The second kappa shape index (κ2) is 6.02. The Morgan fingerprint density at radius 3 is 2.71 bits per heavy atom. The molecule has 21 heavy (non-hydrogen) atoms. The maximum Gasteiger partial charge on any atom is 0.115 e. The molecule has 0 bridgehead atoms. The summed E-state index contributed by atoms with van der Waals surface area (Å²) >= 11 is 0. The normalized spacial score (nSPS) is 11.1. The van der Waals surface area contributed by atoms with Gasteiger partial charge >= 0.3 is 0 Å². The van der Waals surface area contributed by atoms with E-state index in [0.717, 1.165) is 24.9 Å². The number of nitrogens with two attached hydrogens (primary N) is 1. The summed E-state index contributed by atoms with van der Waals surface area (Å²) in [5.41, 5.74) is 9.30. The number of aromatic nitrogens is 1. The Labute approximate surface area is 124 Å². The van der Waals surface area contributed by atoms with Crippen molar-refractivity contribution in [3.63, 3.8) is 0 Å². The van der Waals surface area contributed by atoms with Crippen molar-refractivity contribution in [3.8, 4) is 5.75 Å². The number of benzene rings is 2.